The molecule has 0 aliphatic carbocycles. The second-order valence-electron chi connectivity index (χ2n) is 7.83. The average molecular weight is 403 g/mol. The molecular formula is C21H24F3N5. The molecule has 1 unspecified atom stereocenters. The lowest BCUT2D eigenvalue weighted by molar-refractivity contribution is -0.127. The van der Waals surface area contributed by atoms with Gasteiger partial charge in [0.25, 0.3) is 0 Å². The topological polar surface area (TPSA) is 45.5 Å². The molecule has 1 fully saturated rings. The first-order valence-corrected chi connectivity index (χ1v) is 9.75. The molecule has 3 aromatic rings. The van der Waals surface area contributed by atoms with Crippen LogP contribution in [0.25, 0.3) is 16.8 Å². The molecule has 0 radical (unpaired) electrons. The van der Waals surface area contributed by atoms with Gasteiger partial charge in [-0.15, -0.1) is 10.2 Å². The third kappa shape index (κ3) is 4.37. The molecule has 3 heterocycles. The molecule has 8 heteroatoms. The largest absolute Gasteiger partial charge is 0.393 e. The van der Waals surface area contributed by atoms with Crippen LogP contribution in [0.15, 0.2) is 36.5 Å². The summed E-state index contributed by atoms with van der Waals surface area (Å²) in [5.41, 5.74) is 2.66. The minimum atomic E-state index is -4.29. The molecule has 0 spiro atoms. The molecule has 2 aromatic heterocycles. The third-order valence-electron chi connectivity index (χ3n) is 5.33. The van der Waals surface area contributed by atoms with E-state index < -0.39 is 12.6 Å². The van der Waals surface area contributed by atoms with Crippen molar-refractivity contribution in [3.63, 3.8) is 0 Å². The van der Waals surface area contributed by atoms with Gasteiger partial charge in [0, 0.05) is 24.3 Å². The summed E-state index contributed by atoms with van der Waals surface area (Å²) in [6.45, 7) is 3.79. The first-order chi connectivity index (χ1) is 13.8. The standard InChI is InChI=1S/C21H24F3N5/c1-14-7-8-17(15(11-14)12-21(22,23)24)19-18-6-4-10-29(18)20(27-26-19)25-16-5-3-9-28(2)13-16/h4,6-8,10-11,16H,3,5,9,12-13H2,1-2H3,(H,25,27). The van der Waals surface area contributed by atoms with E-state index in [4.69, 9.17) is 0 Å². The molecule has 154 valence electrons. The van der Waals surface area contributed by atoms with Crippen LogP contribution >= 0.6 is 0 Å². The van der Waals surface area contributed by atoms with Crippen molar-refractivity contribution in [3.8, 4) is 11.3 Å². The fourth-order valence-corrected chi connectivity index (χ4v) is 4.03. The Morgan fingerprint density at radius 3 is 2.79 bits per heavy atom. The Labute approximate surface area is 167 Å². The van der Waals surface area contributed by atoms with Crippen LogP contribution in [-0.4, -0.2) is 51.9 Å². The molecule has 1 saturated heterocycles. The van der Waals surface area contributed by atoms with Gasteiger partial charge in [-0.05, 0) is 51.1 Å². The summed E-state index contributed by atoms with van der Waals surface area (Å²) in [4.78, 5) is 2.27. The normalized spacial score (nSPS) is 18.3. The van der Waals surface area contributed by atoms with E-state index in [9.17, 15) is 13.2 Å². The Kier molecular flexibility index (Phi) is 5.21. The molecule has 29 heavy (non-hydrogen) atoms. The molecule has 1 atom stereocenters. The van der Waals surface area contributed by atoms with Crippen molar-refractivity contribution in [1.82, 2.24) is 19.5 Å². The highest BCUT2D eigenvalue weighted by Crippen LogP contribution is 2.32. The number of likely N-dealkylation sites (N-methyl/N-ethyl adjacent to an activating group) is 1. The molecule has 0 saturated carbocycles. The van der Waals surface area contributed by atoms with Crippen LogP contribution < -0.4 is 5.32 Å². The quantitative estimate of drug-likeness (QED) is 0.705. The monoisotopic (exact) mass is 403 g/mol. The van der Waals surface area contributed by atoms with Crippen LogP contribution in [0.4, 0.5) is 19.1 Å². The van der Waals surface area contributed by atoms with Gasteiger partial charge in [0.05, 0.1) is 11.9 Å². The smallest absolute Gasteiger partial charge is 0.350 e. The predicted octanol–water partition coefficient (Wildman–Crippen LogP) is 4.32. The van der Waals surface area contributed by atoms with E-state index in [0.29, 0.717) is 17.2 Å². The van der Waals surface area contributed by atoms with Gasteiger partial charge in [0.15, 0.2) is 0 Å². The minimum Gasteiger partial charge on any atom is -0.350 e. The average Bonchev–Trinajstić information content (AvgIpc) is 3.12. The number of alkyl halides is 3. The molecule has 1 aliphatic heterocycles. The second kappa shape index (κ2) is 7.67. The lowest BCUT2D eigenvalue weighted by Crippen LogP contribution is -2.40. The van der Waals surface area contributed by atoms with E-state index in [-0.39, 0.29) is 11.6 Å². The number of likely N-dealkylation sites (tertiary alicyclic amines) is 1. The van der Waals surface area contributed by atoms with Crippen molar-refractivity contribution in [2.24, 2.45) is 0 Å². The van der Waals surface area contributed by atoms with Crippen LogP contribution in [0.2, 0.25) is 0 Å². The van der Waals surface area contributed by atoms with Gasteiger partial charge < -0.3 is 10.2 Å². The van der Waals surface area contributed by atoms with E-state index in [2.05, 4.69) is 27.5 Å². The van der Waals surface area contributed by atoms with E-state index in [1.807, 2.05) is 22.7 Å². The molecular weight excluding hydrogens is 379 g/mol. The van der Waals surface area contributed by atoms with Crippen LogP contribution in [0.5, 0.6) is 0 Å². The Bertz CT molecular complexity index is 1010. The summed E-state index contributed by atoms with van der Waals surface area (Å²) in [5.74, 6) is 0.610. The van der Waals surface area contributed by atoms with E-state index >= 15 is 0 Å². The lowest BCUT2D eigenvalue weighted by atomic mass is 9.98. The van der Waals surface area contributed by atoms with Crippen LogP contribution in [0.1, 0.15) is 24.0 Å². The summed E-state index contributed by atoms with van der Waals surface area (Å²) in [6, 6.07) is 9.07. The zero-order valence-electron chi connectivity index (χ0n) is 16.5. The highest BCUT2D eigenvalue weighted by atomic mass is 19.4. The van der Waals surface area contributed by atoms with Gasteiger partial charge in [0.1, 0.15) is 5.69 Å². The SMILES string of the molecule is Cc1ccc(-c2nnc(NC3CCCN(C)C3)n3cccc23)c(CC(F)(F)F)c1. The van der Waals surface area contributed by atoms with Crippen molar-refractivity contribution in [2.75, 3.05) is 25.5 Å². The zero-order valence-corrected chi connectivity index (χ0v) is 16.5. The molecule has 0 amide bonds. The molecule has 5 nitrogen and oxygen atoms in total. The number of aryl methyl sites for hydroxylation is 1. The predicted molar refractivity (Wildman–Crippen MR) is 107 cm³/mol. The number of piperidine rings is 1. The highest BCUT2D eigenvalue weighted by Gasteiger charge is 2.30. The summed E-state index contributed by atoms with van der Waals surface area (Å²) >= 11 is 0. The number of hydrogen-bond acceptors (Lipinski definition) is 4. The van der Waals surface area contributed by atoms with Gasteiger partial charge in [0.2, 0.25) is 5.95 Å². The fraction of sp³-hybridized carbons (Fsp3) is 0.429. The summed E-state index contributed by atoms with van der Waals surface area (Å²) in [5, 5.41) is 12.1. The molecule has 1 aromatic carbocycles. The van der Waals surface area contributed by atoms with Crippen molar-refractivity contribution >= 4 is 11.5 Å². The third-order valence-corrected chi connectivity index (χ3v) is 5.33. The number of fused-ring (bicyclic) bond motifs is 1. The number of benzene rings is 1. The number of hydrogen-bond donors (Lipinski definition) is 1. The molecule has 1 aliphatic rings. The lowest BCUT2D eigenvalue weighted by Gasteiger charge is -2.30. The first-order valence-electron chi connectivity index (χ1n) is 9.75. The van der Waals surface area contributed by atoms with Gasteiger partial charge in [-0.25, -0.2) is 0 Å². The Morgan fingerprint density at radius 1 is 1.21 bits per heavy atom. The number of halogens is 3. The Balaban J connectivity index is 1.73. The van der Waals surface area contributed by atoms with Crippen molar-refractivity contribution in [1.29, 1.82) is 0 Å². The summed E-state index contributed by atoms with van der Waals surface area (Å²) < 4.78 is 41.2. The first kappa shape index (κ1) is 19.7. The number of nitrogens with one attached hydrogen (secondary N) is 1. The van der Waals surface area contributed by atoms with Crippen LogP contribution in [0, 0.1) is 6.92 Å². The number of anilines is 1. The van der Waals surface area contributed by atoms with Crippen LogP contribution in [-0.2, 0) is 6.42 Å². The molecule has 0 bridgehead atoms. The second-order valence-corrected chi connectivity index (χ2v) is 7.83. The number of aromatic nitrogens is 3. The Hall–Kier alpha value is -2.61. The van der Waals surface area contributed by atoms with Gasteiger partial charge in [-0.1, -0.05) is 23.8 Å². The van der Waals surface area contributed by atoms with Gasteiger partial charge >= 0.3 is 6.18 Å². The van der Waals surface area contributed by atoms with Gasteiger partial charge in [-0.3, -0.25) is 4.40 Å². The van der Waals surface area contributed by atoms with Crippen molar-refractivity contribution in [3.05, 3.63) is 47.7 Å². The summed E-state index contributed by atoms with van der Waals surface area (Å²) in [7, 11) is 2.09. The molecule has 4 rings (SSSR count). The molecule has 1 N–H and O–H groups in total. The Morgan fingerprint density at radius 2 is 2.03 bits per heavy atom. The van der Waals surface area contributed by atoms with Crippen molar-refractivity contribution in [2.45, 2.75) is 38.4 Å². The highest BCUT2D eigenvalue weighted by molar-refractivity contribution is 5.80. The van der Waals surface area contributed by atoms with Gasteiger partial charge in [-0.2, -0.15) is 13.2 Å². The zero-order chi connectivity index (χ0) is 20.6. The maximum absolute atomic E-state index is 13.1. The van der Waals surface area contributed by atoms with E-state index in [1.54, 1.807) is 25.1 Å². The van der Waals surface area contributed by atoms with Crippen molar-refractivity contribution < 1.29 is 13.2 Å². The summed E-state index contributed by atoms with van der Waals surface area (Å²) in [6.07, 6.45) is -1.27. The van der Waals surface area contributed by atoms with E-state index in [0.717, 1.165) is 37.0 Å². The van der Waals surface area contributed by atoms with E-state index in [1.165, 1.54) is 0 Å². The number of rotatable bonds is 4. The fourth-order valence-electron chi connectivity index (χ4n) is 4.03. The maximum atomic E-state index is 13.1. The number of nitrogens with zero attached hydrogens (tertiary/aromatic N) is 4. The minimum absolute atomic E-state index is 0.213. The maximum Gasteiger partial charge on any atom is 0.393 e. The van der Waals surface area contributed by atoms with Crippen LogP contribution in [0.3, 0.4) is 0 Å².